The van der Waals surface area contributed by atoms with E-state index in [1.165, 1.54) is 19.3 Å². The van der Waals surface area contributed by atoms with E-state index in [4.69, 9.17) is 5.73 Å². The van der Waals surface area contributed by atoms with Crippen molar-refractivity contribution in [3.8, 4) is 0 Å². The Morgan fingerprint density at radius 1 is 1.28 bits per heavy atom. The number of amides is 1. The summed E-state index contributed by atoms with van der Waals surface area (Å²) < 4.78 is 0. The van der Waals surface area contributed by atoms with Crippen LogP contribution in [0.15, 0.2) is 18.2 Å². The molecule has 3 heteroatoms. The van der Waals surface area contributed by atoms with Crippen LogP contribution in [0.25, 0.3) is 0 Å². The zero-order chi connectivity index (χ0) is 13.2. The molecule has 0 radical (unpaired) electrons. The molecule has 2 rings (SSSR count). The Morgan fingerprint density at radius 3 is 2.56 bits per heavy atom. The van der Waals surface area contributed by atoms with Crippen molar-refractivity contribution < 1.29 is 4.79 Å². The van der Waals surface area contributed by atoms with Crippen molar-refractivity contribution in [3.63, 3.8) is 0 Å². The van der Waals surface area contributed by atoms with E-state index in [0.717, 1.165) is 18.4 Å². The van der Waals surface area contributed by atoms with Crippen LogP contribution in [0.3, 0.4) is 0 Å². The molecule has 0 unspecified atom stereocenters. The fourth-order valence-corrected chi connectivity index (χ4v) is 2.79. The van der Waals surface area contributed by atoms with Crippen LogP contribution in [0, 0.1) is 6.92 Å². The van der Waals surface area contributed by atoms with Gasteiger partial charge >= 0.3 is 0 Å². The number of benzene rings is 1. The molecule has 0 heterocycles. The van der Waals surface area contributed by atoms with Crippen molar-refractivity contribution in [1.29, 1.82) is 0 Å². The van der Waals surface area contributed by atoms with Gasteiger partial charge in [0.2, 0.25) is 0 Å². The number of carbonyl (C=O) groups excluding carboxylic acids is 1. The van der Waals surface area contributed by atoms with Crippen molar-refractivity contribution in [2.45, 2.75) is 51.5 Å². The fourth-order valence-electron chi connectivity index (χ4n) is 2.79. The van der Waals surface area contributed by atoms with E-state index in [2.05, 4.69) is 12.2 Å². The Hall–Kier alpha value is -1.51. The lowest BCUT2D eigenvalue weighted by Gasteiger charge is -2.34. The second kappa shape index (κ2) is 5.01. The summed E-state index contributed by atoms with van der Waals surface area (Å²) in [4.78, 5) is 12.4. The summed E-state index contributed by atoms with van der Waals surface area (Å²) >= 11 is 0. The van der Waals surface area contributed by atoms with Gasteiger partial charge in [0.1, 0.15) is 0 Å². The van der Waals surface area contributed by atoms with E-state index in [0.29, 0.717) is 11.3 Å². The van der Waals surface area contributed by atoms with Gasteiger partial charge in [-0.05, 0) is 38.3 Å². The highest BCUT2D eigenvalue weighted by Gasteiger charge is 2.29. The lowest BCUT2D eigenvalue weighted by Crippen LogP contribution is -2.47. The van der Waals surface area contributed by atoms with E-state index >= 15 is 0 Å². The minimum absolute atomic E-state index is 0.0324. The SMILES string of the molecule is Cc1cccc(N)c1C(=O)NC1(C)CCCCC1. The zero-order valence-corrected chi connectivity index (χ0v) is 11.3. The topological polar surface area (TPSA) is 55.1 Å². The maximum Gasteiger partial charge on any atom is 0.254 e. The van der Waals surface area contributed by atoms with Crippen LogP contribution in [-0.2, 0) is 0 Å². The number of aryl methyl sites for hydroxylation is 1. The van der Waals surface area contributed by atoms with Gasteiger partial charge in [-0.25, -0.2) is 0 Å². The molecule has 98 valence electrons. The molecule has 1 fully saturated rings. The van der Waals surface area contributed by atoms with Crippen LogP contribution in [0.4, 0.5) is 5.69 Å². The summed E-state index contributed by atoms with van der Waals surface area (Å²) in [5.74, 6) is -0.0324. The summed E-state index contributed by atoms with van der Waals surface area (Å²) in [5.41, 5.74) is 7.97. The van der Waals surface area contributed by atoms with Gasteiger partial charge in [-0.2, -0.15) is 0 Å². The summed E-state index contributed by atoms with van der Waals surface area (Å²) in [7, 11) is 0. The second-order valence-electron chi connectivity index (χ2n) is 5.61. The highest BCUT2D eigenvalue weighted by Crippen LogP contribution is 2.28. The van der Waals surface area contributed by atoms with Gasteiger partial charge in [0.25, 0.3) is 5.91 Å². The molecule has 3 nitrogen and oxygen atoms in total. The first kappa shape index (κ1) is 12.9. The molecule has 0 bridgehead atoms. The minimum Gasteiger partial charge on any atom is -0.398 e. The van der Waals surface area contributed by atoms with E-state index in [9.17, 15) is 4.79 Å². The standard InChI is InChI=1S/C15H22N2O/c1-11-7-6-8-12(16)13(11)14(18)17-15(2)9-4-3-5-10-15/h6-8H,3-5,9-10,16H2,1-2H3,(H,17,18). The Labute approximate surface area is 109 Å². The molecular formula is C15H22N2O. The molecule has 1 amide bonds. The van der Waals surface area contributed by atoms with Crippen molar-refractivity contribution in [1.82, 2.24) is 5.32 Å². The number of nitrogen functional groups attached to an aromatic ring is 1. The molecular weight excluding hydrogens is 224 g/mol. The molecule has 0 spiro atoms. The van der Waals surface area contributed by atoms with Crippen molar-refractivity contribution in [2.24, 2.45) is 0 Å². The Bertz CT molecular complexity index is 428. The third-order valence-electron chi connectivity index (χ3n) is 3.90. The minimum atomic E-state index is -0.0654. The molecule has 18 heavy (non-hydrogen) atoms. The Balaban J connectivity index is 2.17. The average molecular weight is 246 g/mol. The summed E-state index contributed by atoms with van der Waals surface area (Å²) in [6.07, 6.45) is 5.78. The number of nitrogens with two attached hydrogens (primary N) is 1. The number of carbonyl (C=O) groups is 1. The highest BCUT2D eigenvalue weighted by atomic mass is 16.1. The number of rotatable bonds is 2. The van der Waals surface area contributed by atoms with Gasteiger partial charge in [0, 0.05) is 11.2 Å². The highest BCUT2D eigenvalue weighted by molar-refractivity contribution is 6.00. The van der Waals surface area contributed by atoms with Gasteiger partial charge in [0.15, 0.2) is 0 Å². The first-order valence-electron chi connectivity index (χ1n) is 6.69. The predicted molar refractivity (Wildman–Crippen MR) is 74.5 cm³/mol. The molecule has 0 atom stereocenters. The average Bonchev–Trinajstić information content (AvgIpc) is 2.28. The summed E-state index contributed by atoms with van der Waals surface area (Å²) in [6, 6.07) is 5.59. The molecule has 1 aliphatic carbocycles. The normalized spacial score (nSPS) is 18.3. The molecule has 0 aliphatic heterocycles. The summed E-state index contributed by atoms with van der Waals surface area (Å²) in [6.45, 7) is 4.06. The Kier molecular flexibility index (Phi) is 3.60. The number of hydrogen-bond acceptors (Lipinski definition) is 2. The van der Waals surface area contributed by atoms with Crippen molar-refractivity contribution in [2.75, 3.05) is 5.73 Å². The third kappa shape index (κ3) is 2.66. The van der Waals surface area contributed by atoms with E-state index in [-0.39, 0.29) is 11.4 Å². The maximum atomic E-state index is 12.4. The van der Waals surface area contributed by atoms with Gasteiger partial charge in [-0.1, -0.05) is 31.4 Å². The molecule has 1 aromatic rings. The number of anilines is 1. The predicted octanol–water partition coefficient (Wildman–Crippen LogP) is 3.03. The third-order valence-corrected chi connectivity index (χ3v) is 3.90. The molecule has 0 aromatic heterocycles. The van der Waals surface area contributed by atoms with E-state index in [1.54, 1.807) is 6.07 Å². The second-order valence-corrected chi connectivity index (χ2v) is 5.61. The van der Waals surface area contributed by atoms with Gasteiger partial charge < -0.3 is 11.1 Å². The van der Waals surface area contributed by atoms with Gasteiger partial charge in [-0.3, -0.25) is 4.79 Å². The molecule has 3 N–H and O–H groups in total. The fraction of sp³-hybridized carbons (Fsp3) is 0.533. The summed E-state index contributed by atoms with van der Waals surface area (Å²) in [5, 5.41) is 3.17. The number of hydrogen-bond donors (Lipinski definition) is 2. The largest absolute Gasteiger partial charge is 0.398 e. The quantitative estimate of drug-likeness (QED) is 0.788. The molecule has 0 saturated heterocycles. The smallest absolute Gasteiger partial charge is 0.254 e. The lowest BCUT2D eigenvalue weighted by molar-refractivity contribution is 0.0883. The van der Waals surface area contributed by atoms with Crippen LogP contribution < -0.4 is 11.1 Å². The van der Waals surface area contributed by atoms with Crippen LogP contribution >= 0.6 is 0 Å². The Morgan fingerprint density at radius 2 is 1.94 bits per heavy atom. The van der Waals surface area contributed by atoms with Crippen molar-refractivity contribution >= 4 is 11.6 Å². The van der Waals surface area contributed by atoms with Crippen molar-refractivity contribution in [3.05, 3.63) is 29.3 Å². The van der Waals surface area contributed by atoms with Crippen LogP contribution in [0.2, 0.25) is 0 Å². The van der Waals surface area contributed by atoms with E-state index in [1.807, 2.05) is 19.1 Å². The van der Waals surface area contributed by atoms with Gasteiger partial charge in [0.05, 0.1) is 5.56 Å². The van der Waals surface area contributed by atoms with Crippen LogP contribution in [0.5, 0.6) is 0 Å². The molecule has 1 saturated carbocycles. The van der Waals surface area contributed by atoms with Gasteiger partial charge in [-0.15, -0.1) is 0 Å². The number of nitrogens with one attached hydrogen (secondary N) is 1. The van der Waals surface area contributed by atoms with Crippen LogP contribution in [-0.4, -0.2) is 11.4 Å². The first-order valence-corrected chi connectivity index (χ1v) is 6.69. The monoisotopic (exact) mass is 246 g/mol. The van der Waals surface area contributed by atoms with E-state index < -0.39 is 0 Å². The molecule has 1 aliphatic rings. The van der Waals surface area contributed by atoms with Crippen LogP contribution in [0.1, 0.15) is 54.9 Å². The lowest BCUT2D eigenvalue weighted by atomic mass is 9.83. The zero-order valence-electron chi connectivity index (χ0n) is 11.3. The molecule has 1 aromatic carbocycles. The first-order chi connectivity index (χ1) is 8.52. The maximum absolute atomic E-state index is 12.4.